The Hall–Kier alpha value is -1.75. The zero-order valence-electron chi connectivity index (χ0n) is 9.06. The van der Waals surface area contributed by atoms with Crippen LogP contribution >= 0.6 is 0 Å². The van der Waals surface area contributed by atoms with E-state index in [4.69, 9.17) is 0 Å². The number of hydrogen-bond acceptors (Lipinski definition) is 3. The number of hydrogen-bond donors (Lipinski definition) is 1. The van der Waals surface area contributed by atoms with Crippen LogP contribution in [0.25, 0.3) is 11.0 Å². The van der Waals surface area contributed by atoms with Gasteiger partial charge in [-0.05, 0) is 18.9 Å². The molecule has 5 heteroatoms. The molecule has 0 saturated carbocycles. The van der Waals surface area contributed by atoms with Crippen molar-refractivity contribution < 1.29 is 9.50 Å². The van der Waals surface area contributed by atoms with Gasteiger partial charge in [-0.2, -0.15) is 0 Å². The van der Waals surface area contributed by atoms with Crippen LogP contribution < -0.4 is 5.56 Å². The van der Waals surface area contributed by atoms with Gasteiger partial charge in [-0.25, -0.2) is 4.39 Å². The Bertz CT molecular complexity index is 651. The van der Waals surface area contributed by atoms with E-state index in [0.717, 1.165) is 0 Å². The van der Waals surface area contributed by atoms with E-state index in [1.807, 2.05) is 0 Å². The van der Waals surface area contributed by atoms with Gasteiger partial charge in [0.05, 0.1) is 29.9 Å². The molecule has 1 aliphatic heterocycles. The minimum atomic E-state index is -0.381. The van der Waals surface area contributed by atoms with Crippen molar-refractivity contribution in [1.82, 2.24) is 9.55 Å². The number of aliphatic hydroxyl groups excluding tert-OH is 1. The highest BCUT2D eigenvalue weighted by Gasteiger charge is 2.24. The molecule has 1 aliphatic rings. The number of halogens is 1. The lowest BCUT2D eigenvalue weighted by Crippen LogP contribution is -2.31. The molecule has 0 radical (unpaired) electrons. The normalized spacial score (nSPS) is 18.6. The molecule has 0 fully saturated rings. The zero-order valence-corrected chi connectivity index (χ0v) is 9.06. The quantitative estimate of drug-likeness (QED) is 0.801. The molecule has 1 N–H and O–H groups in total. The van der Waals surface area contributed by atoms with E-state index in [2.05, 4.69) is 4.98 Å². The summed E-state index contributed by atoms with van der Waals surface area (Å²) in [5.41, 5.74) is 1.43. The van der Waals surface area contributed by atoms with Crippen LogP contribution in [0.15, 0.2) is 23.1 Å². The fourth-order valence-electron chi connectivity index (χ4n) is 2.48. The maximum atomic E-state index is 13.7. The monoisotopic (exact) mass is 234 g/mol. The van der Waals surface area contributed by atoms with E-state index in [9.17, 15) is 14.3 Å². The molecule has 1 atom stereocenters. The van der Waals surface area contributed by atoms with Gasteiger partial charge in [0.25, 0.3) is 5.56 Å². The van der Waals surface area contributed by atoms with Crippen LogP contribution in [-0.4, -0.2) is 21.3 Å². The van der Waals surface area contributed by atoms with Gasteiger partial charge in [-0.1, -0.05) is 0 Å². The van der Waals surface area contributed by atoms with Crippen molar-refractivity contribution >= 4 is 11.0 Å². The Morgan fingerprint density at radius 2 is 2.35 bits per heavy atom. The standard InChI is InChI=1S/C12H11FN2O2/c13-9-5-14-10-3-4-11(17)15-7(6-16)1-2-8(9)12(10)15/h3-5,7,16H,1-2,6H2. The van der Waals surface area contributed by atoms with Crippen molar-refractivity contribution in [2.75, 3.05) is 6.61 Å². The van der Waals surface area contributed by atoms with Crippen LogP contribution in [0, 0.1) is 5.82 Å². The highest BCUT2D eigenvalue weighted by molar-refractivity contribution is 5.79. The average molecular weight is 234 g/mol. The summed E-state index contributed by atoms with van der Waals surface area (Å²) in [4.78, 5) is 15.8. The van der Waals surface area contributed by atoms with E-state index in [1.165, 1.54) is 16.8 Å². The van der Waals surface area contributed by atoms with Crippen molar-refractivity contribution in [3.8, 4) is 0 Å². The van der Waals surface area contributed by atoms with E-state index in [0.29, 0.717) is 29.4 Å². The van der Waals surface area contributed by atoms with Crippen LogP contribution in [0.1, 0.15) is 18.0 Å². The first-order valence-corrected chi connectivity index (χ1v) is 5.52. The summed E-state index contributed by atoms with van der Waals surface area (Å²) in [6.07, 6.45) is 2.29. The number of nitrogens with zero attached hydrogens (tertiary/aromatic N) is 2. The first kappa shape index (κ1) is 10.4. The fraction of sp³-hybridized carbons (Fsp3) is 0.333. The van der Waals surface area contributed by atoms with Crippen molar-refractivity contribution in [2.24, 2.45) is 0 Å². The van der Waals surface area contributed by atoms with Crippen LogP contribution in [-0.2, 0) is 6.42 Å². The lowest BCUT2D eigenvalue weighted by atomic mass is 9.98. The van der Waals surface area contributed by atoms with Gasteiger partial charge in [0.2, 0.25) is 0 Å². The molecule has 0 aliphatic carbocycles. The Morgan fingerprint density at radius 3 is 3.12 bits per heavy atom. The molecule has 0 spiro atoms. The van der Waals surface area contributed by atoms with E-state index in [-0.39, 0.29) is 24.0 Å². The Balaban J connectivity index is 2.48. The number of aromatic nitrogens is 2. The number of pyridine rings is 2. The summed E-state index contributed by atoms with van der Waals surface area (Å²) in [7, 11) is 0. The second kappa shape index (κ2) is 3.63. The van der Waals surface area contributed by atoms with Crippen LogP contribution in [0.3, 0.4) is 0 Å². The molecule has 3 heterocycles. The summed E-state index contributed by atoms with van der Waals surface area (Å²) in [6.45, 7) is -0.116. The largest absolute Gasteiger partial charge is 0.394 e. The summed E-state index contributed by atoms with van der Waals surface area (Å²) in [5, 5.41) is 9.29. The molecule has 1 unspecified atom stereocenters. The molecule has 0 saturated heterocycles. The second-order valence-electron chi connectivity index (χ2n) is 4.24. The molecule has 88 valence electrons. The summed E-state index contributed by atoms with van der Waals surface area (Å²) < 4.78 is 15.1. The number of aliphatic hydroxyl groups is 1. The van der Waals surface area contributed by atoms with Gasteiger partial charge in [0, 0.05) is 11.6 Å². The first-order valence-electron chi connectivity index (χ1n) is 5.52. The Labute approximate surface area is 96.3 Å². The maximum absolute atomic E-state index is 13.7. The molecular weight excluding hydrogens is 223 g/mol. The summed E-state index contributed by atoms with van der Waals surface area (Å²) >= 11 is 0. The lowest BCUT2D eigenvalue weighted by Gasteiger charge is -2.26. The summed E-state index contributed by atoms with van der Waals surface area (Å²) in [6, 6.07) is 2.73. The molecule has 2 aromatic rings. The molecule has 4 nitrogen and oxygen atoms in total. The molecular formula is C12H11FN2O2. The van der Waals surface area contributed by atoms with Gasteiger partial charge in [-0.3, -0.25) is 9.78 Å². The van der Waals surface area contributed by atoms with Crippen molar-refractivity contribution in [2.45, 2.75) is 18.9 Å². The third kappa shape index (κ3) is 1.39. The maximum Gasteiger partial charge on any atom is 0.251 e. The summed E-state index contributed by atoms with van der Waals surface area (Å²) in [5.74, 6) is -0.381. The highest BCUT2D eigenvalue weighted by atomic mass is 19.1. The number of aryl methyl sites for hydroxylation is 1. The predicted molar refractivity (Wildman–Crippen MR) is 60.4 cm³/mol. The Kier molecular flexibility index (Phi) is 2.22. The second-order valence-corrected chi connectivity index (χ2v) is 4.24. The van der Waals surface area contributed by atoms with Gasteiger partial charge in [0.1, 0.15) is 5.82 Å². The SMILES string of the molecule is O=c1ccc2ncc(F)c3c2n1C(CO)CC3. The first-order chi connectivity index (χ1) is 8.22. The minimum absolute atomic E-state index is 0.116. The zero-order chi connectivity index (χ0) is 12.0. The van der Waals surface area contributed by atoms with Gasteiger partial charge in [-0.15, -0.1) is 0 Å². The van der Waals surface area contributed by atoms with E-state index in [1.54, 1.807) is 6.07 Å². The fourth-order valence-corrected chi connectivity index (χ4v) is 2.48. The van der Waals surface area contributed by atoms with Crippen LogP contribution in [0.4, 0.5) is 4.39 Å². The van der Waals surface area contributed by atoms with Crippen molar-refractivity contribution in [1.29, 1.82) is 0 Å². The molecule has 0 aromatic carbocycles. The number of rotatable bonds is 1. The Morgan fingerprint density at radius 1 is 1.53 bits per heavy atom. The highest BCUT2D eigenvalue weighted by Crippen LogP contribution is 2.29. The van der Waals surface area contributed by atoms with E-state index >= 15 is 0 Å². The van der Waals surface area contributed by atoms with Crippen LogP contribution in [0.2, 0.25) is 0 Å². The molecule has 3 rings (SSSR count). The third-order valence-electron chi connectivity index (χ3n) is 3.30. The topological polar surface area (TPSA) is 55.1 Å². The molecule has 0 bridgehead atoms. The average Bonchev–Trinajstić information content (AvgIpc) is 2.36. The smallest absolute Gasteiger partial charge is 0.251 e. The lowest BCUT2D eigenvalue weighted by molar-refractivity contribution is 0.217. The third-order valence-corrected chi connectivity index (χ3v) is 3.30. The van der Waals surface area contributed by atoms with Crippen molar-refractivity contribution in [3.05, 3.63) is 40.1 Å². The molecule has 0 amide bonds. The van der Waals surface area contributed by atoms with Gasteiger partial charge in [0.15, 0.2) is 0 Å². The van der Waals surface area contributed by atoms with Gasteiger partial charge < -0.3 is 9.67 Å². The molecule has 2 aromatic heterocycles. The van der Waals surface area contributed by atoms with Crippen molar-refractivity contribution in [3.63, 3.8) is 0 Å². The molecule has 17 heavy (non-hydrogen) atoms. The minimum Gasteiger partial charge on any atom is -0.394 e. The van der Waals surface area contributed by atoms with Crippen LogP contribution in [0.5, 0.6) is 0 Å². The van der Waals surface area contributed by atoms with Gasteiger partial charge >= 0.3 is 0 Å². The van der Waals surface area contributed by atoms with E-state index < -0.39 is 0 Å². The predicted octanol–water partition coefficient (Wildman–Crippen LogP) is 1.02.